The molecule has 1 aromatic heterocycles. The first-order chi connectivity index (χ1) is 9.40. The quantitative estimate of drug-likeness (QED) is 0.867. The van der Waals surface area contributed by atoms with Crippen LogP contribution in [0.3, 0.4) is 0 Å². The molecule has 1 aliphatic heterocycles. The molecule has 6 heteroatoms. The maximum Gasteiger partial charge on any atom is 0.224 e. The lowest BCUT2D eigenvalue weighted by atomic mass is 10.1. The molecule has 108 valence electrons. The summed E-state index contributed by atoms with van der Waals surface area (Å²) in [5, 5.41) is 12.0. The van der Waals surface area contributed by atoms with Crippen molar-refractivity contribution < 1.29 is 0 Å². The first kappa shape index (κ1) is 14.5. The number of nitriles is 1. The smallest absolute Gasteiger partial charge is 0.224 e. The normalized spacial score (nSPS) is 19.8. The van der Waals surface area contributed by atoms with Crippen molar-refractivity contribution in [1.29, 1.82) is 5.26 Å². The number of rotatable bonds is 3. The summed E-state index contributed by atoms with van der Waals surface area (Å²) in [6.45, 7) is 9.78. The molecule has 1 aromatic rings. The Balaban J connectivity index is 1.88. The van der Waals surface area contributed by atoms with Gasteiger partial charge in [-0.15, -0.1) is 0 Å². The van der Waals surface area contributed by atoms with E-state index in [4.69, 9.17) is 11.0 Å². The lowest BCUT2D eigenvalue weighted by Gasteiger charge is -2.31. The average Bonchev–Trinajstić information content (AvgIpc) is 2.85. The van der Waals surface area contributed by atoms with Crippen LogP contribution in [0.1, 0.15) is 32.8 Å². The van der Waals surface area contributed by atoms with Crippen LogP contribution in [0, 0.1) is 17.2 Å². The minimum Gasteiger partial charge on any atom is -0.382 e. The number of nitrogens with one attached hydrogen (secondary N) is 1. The molecule has 0 aromatic carbocycles. The SMILES string of the molecule is CC(C)(C)N1CC[C@@H](CNc2ncc(C#N)c(N)n2)C1. The van der Waals surface area contributed by atoms with Gasteiger partial charge in [-0.25, -0.2) is 4.98 Å². The highest BCUT2D eigenvalue weighted by molar-refractivity contribution is 5.49. The molecule has 0 radical (unpaired) electrons. The van der Waals surface area contributed by atoms with E-state index in [9.17, 15) is 0 Å². The summed E-state index contributed by atoms with van der Waals surface area (Å²) in [6, 6.07) is 1.96. The molecule has 1 saturated heterocycles. The molecule has 0 amide bonds. The number of aromatic nitrogens is 2. The Bertz CT molecular complexity index is 513. The highest BCUT2D eigenvalue weighted by Gasteiger charge is 2.29. The van der Waals surface area contributed by atoms with Gasteiger partial charge in [0.25, 0.3) is 0 Å². The number of anilines is 2. The van der Waals surface area contributed by atoms with Crippen molar-refractivity contribution in [3.63, 3.8) is 0 Å². The summed E-state index contributed by atoms with van der Waals surface area (Å²) >= 11 is 0. The molecule has 0 bridgehead atoms. The number of hydrogen-bond donors (Lipinski definition) is 2. The fourth-order valence-electron chi connectivity index (χ4n) is 2.41. The van der Waals surface area contributed by atoms with Gasteiger partial charge in [-0.3, -0.25) is 4.90 Å². The Morgan fingerprint density at radius 2 is 2.30 bits per heavy atom. The van der Waals surface area contributed by atoms with E-state index in [0.29, 0.717) is 17.4 Å². The van der Waals surface area contributed by atoms with Crippen LogP contribution in [-0.2, 0) is 0 Å². The zero-order valence-electron chi connectivity index (χ0n) is 12.3. The van der Waals surface area contributed by atoms with E-state index in [1.807, 2.05) is 6.07 Å². The van der Waals surface area contributed by atoms with Gasteiger partial charge in [-0.2, -0.15) is 10.2 Å². The first-order valence-corrected chi connectivity index (χ1v) is 6.91. The van der Waals surface area contributed by atoms with Crippen molar-refractivity contribution >= 4 is 11.8 Å². The predicted molar refractivity (Wildman–Crippen MR) is 79.1 cm³/mol. The molecule has 6 nitrogen and oxygen atoms in total. The molecular weight excluding hydrogens is 252 g/mol. The lowest BCUT2D eigenvalue weighted by Crippen LogP contribution is -2.39. The van der Waals surface area contributed by atoms with Gasteiger partial charge in [0, 0.05) is 18.6 Å². The fraction of sp³-hybridized carbons (Fsp3) is 0.643. The molecule has 1 aliphatic rings. The van der Waals surface area contributed by atoms with Gasteiger partial charge in [0.05, 0.1) is 6.20 Å². The van der Waals surface area contributed by atoms with Crippen LogP contribution >= 0.6 is 0 Å². The molecule has 1 atom stereocenters. The second kappa shape index (κ2) is 5.63. The van der Waals surface area contributed by atoms with E-state index >= 15 is 0 Å². The first-order valence-electron chi connectivity index (χ1n) is 6.91. The van der Waals surface area contributed by atoms with Crippen molar-refractivity contribution in [2.45, 2.75) is 32.7 Å². The molecule has 2 heterocycles. The van der Waals surface area contributed by atoms with Crippen molar-refractivity contribution in [2.24, 2.45) is 5.92 Å². The zero-order chi connectivity index (χ0) is 14.8. The van der Waals surface area contributed by atoms with Crippen molar-refractivity contribution in [1.82, 2.24) is 14.9 Å². The Morgan fingerprint density at radius 1 is 1.55 bits per heavy atom. The highest BCUT2D eigenvalue weighted by atomic mass is 15.2. The molecule has 20 heavy (non-hydrogen) atoms. The van der Waals surface area contributed by atoms with Gasteiger partial charge in [0.2, 0.25) is 5.95 Å². The third-order valence-corrected chi connectivity index (χ3v) is 3.72. The molecule has 0 aliphatic carbocycles. The third kappa shape index (κ3) is 3.36. The van der Waals surface area contributed by atoms with Gasteiger partial charge in [-0.1, -0.05) is 0 Å². The van der Waals surface area contributed by atoms with E-state index < -0.39 is 0 Å². The molecule has 0 unspecified atom stereocenters. The standard InChI is InChI=1S/C14H22N6/c1-14(2,3)20-5-4-10(9-20)7-17-13-18-8-11(6-15)12(16)19-13/h8,10H,4-5,7,9H2,1-3H3,(H3,16,17,18,19)/t10-/m0/s1. The molecular formula is C14H22N6. The van der Waals surface area contributed by atoms with Crippen molar-refractivity contribution in [2.75, 3.05) is 30.7 Å². The summed E-state index contributed by atoms with van der Waals surface area (Å²) in [7, 11) is 0. The summed E-state index contributed by atoms with van der Waals surface area (Å²) < 4.78 is 0. The van der Waals surface area contributed by atoms with Gasteiger partial charge in [-0.05, 0) is 39.7 Å². The van der Waals surface area contributed by atoms with Gasteiger partial charge >= 0.3 is 0 Å². The third-order valence-electron chi connectivity index (χ3n) is 3.72. The van der Waals surface area contributed by atoms with E-state index in [-0.39, 0.29) is 11.4 Å². The maximum absolute atomic E-state index is 8.78. The minimum absolute atomic E-state index is 0.226. The fourth-order valence-corrected chi connectivity index (χ4v) is 2.41. The zero-order valence-corrected chi connectivity index (χ0v) is 12.3. The van der Waals surface area contributed by atoms with E-state index in [1.165, 1.54) is 12.6 Å². The van der Waals surface area contributed by atoms with Gasteiger partial charge in [0.15, 0.2) is 0 Å². The summed E-state index contributed by atoms with van der Waals surface area (Å²) in [5.41, 5.74) is 6.21. The number of hydrogen-bond acceptors (Lipinski definition) is 6. The number of nitrogen functional groups attached to an aromatic ring is 1. The van der Waals surface area contributed by atoms with E-state index in [2.05, 4.69) is 41.0 Å². The van der Waals surface area contributed by atoms with Gasteiger partial charge < -0.3 is 11.1 Å². The monoisotopic (exact) mass is 274 g/mol. The highest BCUT2D eigenvalue weighted by Crippen LogP contribution is 2.24. The van der Waals surface area contributed by atoms with Gasteiger partial charge in [0.1, 0.15) is 17.5 Å². The second-order valence-corrected chi connectivity index (χ2v) is 6.26. The maximum atomic E-state index is 8.78. The van der Waals surface area contributed by atoms with Crippen LogP contribution in [0.25, 0.3) is 0 Å². The second-order valence-electron chi connectivity index (χ2n) is 6.26. The Hall–Kier alpha value is -1.87. The summed E-state index contributed by atoms with van der Waals surface area (Å²) in [4.78, 5) is 10.7. The van der Waals surface area contributed by atoms with Crippen LogP contribution in [0.15, 0.2) is 6.20 Å². The molecule has 0 saturated carbocycles. The van der Waals surface area contributed by atoms with Crippen LogP contribution in [0.2, 0.25) is 0 Å². The summed E-state index contributed by atoms with van der Waals surface area (Å²) in [6.07, 6.45) is 2.64. The minimum atomic E-state index is 0.226. The van der Waals surface area contributed by atoms with E-state index in [1.54, 1.807) is 0 Å². The molecule has 2 rings (SSSR count). The van der Waals surface area contributed by atoms with Crippen molar-refractivity contribution in [3.05, 3.63) is 11.8 Å². The van der Waals surface area contributed by atoms with Crippen LogP contribution < -0.4 is 11.1 Å². The molecule has 1 fully saturated rings. The average molecular weight is 274 g/mol. The summed E-state index contributed by atoms with van der Waals surface area (Å²) in [5.74, 6) is 1.32. The Labute approximate surface area is 120 Å². The topological polar surface area (TPSA) is 90.9 Å². The molecule has 3 N–H and O–H groups in total. The molecule has 0 spiro atoms. The number of likely N-dealkylation sites (tertiary alicyclic amines) is 1. The Morgan fingerprint density at radius 3 is 2.85 bits per heavy atom. The number of nitrogens with zero attached hydrogens (tertiary/aromatic N) is 4. The predicted octanol–water partition coefficient (Wildman–Crippen LogP) is 1.46. The lowest BCUT2D eigenvalue weighted by molar-refractivity contribution is 0.169. The number of nitrogens with two attached hydrogens (primary N) is 1. The van der Waals surface area contributed by atoms with Crippen molar-refractivity contribution in [3.8, 4) is 6.07 Å². The van der Waals surface area contributed by atoms with E-state index in [0.717, 1.165) is 19.6 Å². The largest absolute Gasteiger partial charge is 0.382 e. The Kier molecular flexibility index (Phi) is 4.09. The van der Waals surface area contributed by atoms with Crippen LogP contribution in [0.5, 0.6) is 0 Å². The van der Waals surface area contributed by atoms with Crippen LogP contribution in [0.4, 0.5) is 11.8 Å². The van der Waals surface area contributed by atoms with Crippen LogP contribution in [-0.4, -0.2) is 40.0 Å².